The molecule has 3 heterocycles. The van der Waals surface area contributed by atoms with Crippen molar-refractivity contribution in [2.75, 3.05) is 12.1 Å². The fourth-order valence-electron chi connectivity index (χ4n) is 3.18. The Morgan fingerprint density at radius 3 is 3.00 bits per heavy atom. The third kappa shape index (κ3) is 3.10. The number of ether oxygens (including phenoxy) is 2. The Morgan fingerprint density at radius 1 is 1.18 bits per heavy atom. The summed E-state index contributed by atoms with van der Waals surface area (Å²) < 4.78 is 16.3. The minimum absolute atomic E-state index is 0.130. The maximum Gasteiger partial charge on any atom is 0.231 e. The maximum atomic E-state index is 12.5. The molecule has 1 aliphatic heterocycles. The van der Waals surface area contributed by atoms with E-state index in [0.717, 1.165) is 39.1 Å². The molecule has 0 fully saturated rings. The van der Waals surface area contributed by atoms with Crippen molar-refractivity contribution < 1.29 is 18.7 Å². The van der Waals surface area contributed by atoms with Gasteiger partial charge in [0, 0.05) is 21.9 Å². The van der Waals surface area contributed by atoms with Crippen LogP contribution in [0.25, 0.3) is 22.2 Å². The van der Waals surface area contributed by atoms with Gasteiger partial charge in [-0.1, -0.05) is 12.1 Å². The molecule has 0 saturated carbocycles. The third-order valence-electron chi connectivity index (χ3n) is 4.58. The predicted molar refractivity (Wildman–Crippen MR) is 107 cm³/mol. The summed E-state index contributed by atoms with van der Waals surface area (Å²) in [5.74, 6) is 1.31. The van der Waals surface area contributed by atoms with Crippen molar-refractivity contribution in [3.63, 3.8) is 0 Å². The monoisotopic (exact) mass is 392 g/mol. The van der Waals surface area contributed by atoms with Crippen molar-refractivity contribution in [2.24, 2.45) is 0 Å². The second kappa shape index (κ2) is 6.69. The van der Waals surface area contributed by atoms with E-state index >= 15 is 0 Å². The van der Waals surface area contributed by atoms with Gasteiger partial charge in [-0.2, -0.15) is 0 Å². The van der Waals surface area contributed by atoms with E-state index in [2.05, 4.69) is 10.3 Å². The van der Waals surface area contributed by atoms with Crippen LogP contribution in [0.15, 0.2) is 52.5 Å². The molecule has 4 aromatic rings. The molecule has 2 aromatic carbocycles. The van der Waals surface area contributed by atoms with Gasteiger partial charge in [0.15, 0.2) is 16.6 Å². The quantitative estimate of drug-likeness (QED) is 0.541. The summed E-state index contributed by atoms with van der Waals surface area (Å²) in [5.41, 5.74) is 4.47. The number of carbonyl (C=O) groups excluding carboxylic acids is 1. The first kappa shape index (κ1) is 16.8. The first-order chi connectivity index (χ1) is 13.7. The molecule has 1 aliphatic rings. The van der Waals surface area contributed by atoms with Crippen molar-refractivity contribution in [3.05, 3.63) is 59.2 Å². The number of aryl methyl sites for hydroxylation is 1. The number of anilines is 1. The minimum atomic E-state index is -0.130. The molecule has 2 aromatic heterocycles. The predicted octanol–water partition coefficient (Wildman–Crippen LogP) is 4.77. The molecule has 0 radical (unpaired) electrons. The average molecular weight is 392 g/mol. The highest BCUT2D eigenvalue weighted by molar-refractivity contribution is 7.14. The first-order valence-corrected chi connectivity index (χ1v) is 9.66. The molecule has 0 atom stereocenters. The smallest absolute Gasteiger partial charge is 0.231 e. The summed E-state index contributed by atoms with van der Waals surface area (Å²) in [5, 5.41) is 6.29. The van der Waals surface area contributed by atoms with Gasteiger partial charge < -0.3 is 19.2 Å². The van der Waals surface area contributed by atoms with Crippen LogP contribution in [0.1, 0.15) is 11.1 Å². The van der Waals surface area contributed by atoms with E-state index in [1.807, 2.05) is 48.7 Å². The van der Waals surface area contributed by atoms with Gasteiger partial charge in [0.1, 0.15) is 5.58 Å². The van der Waals surface area contributed by atoms with Gasteiger partial charge >= 0.3 is 0 Å². The van der Waals surface area contributed by atoms with Crippen LogP contribution in [-0.2, 0) is 11.2 Å². The summed E-state index contributed by atoms with van der Waals surface area (Å²) >= 11 is 1.39. The molecule has 5 rings (SSSR count). The van der Waals surface area contributed by atoms with Crippen LogP contribution in [0, 0.1) is 6.92 Å². The van der Waals surface area contributed by atoms with E-state index in [1.165, 1.54) is 11.3 Å². The highest BCUT2D eigenvalue weighted by Gasteiger charge is 2.16. The van der Waals surface area contributed by atoms with Gasteiger partial charge in [-0.3, -0.25) is 4.79 Å². The number of nitrogens with one attached hydrogen (secondary N) is 1. The summed E-state index contributed by atoms with van der Waals surface area (Å²) in [6.45, 7) is 2.24. The van der Waals surface area contributed by atoms with Crippen LogP contribution < -0.4 is 14.8 Å². The van der Waals surface area contributed by atoms with Gasteiger partial charge in [0.2, 0.25) is 12.7 Å². The van der Waals surface area contributed by atoms with E-state index < -0.39 is 0 Å². The Labute approximate surface area is 164 Å². The highest BCUT2D eigenvalue weighted by atomic mass is 32.1. The number of hydrogen-bond donors (Lipinski definition) is 1. The first-order valence-electron chi connectivity index (χ1n) is 8.78. The van der Waals surface area contributed by atoms with Crippen molar-refractivity contribution in [2.45, 2.75) is 13.3 Å². The number of amides is 1. The summed E-state index contributed by atoms with van der Waals surface area (Å²) in [4.78, 5) is 17.0. The average Bonchev–Trinajstić information content (AvgIpc) is 3.41. The second-order valence-corrected chi connectivity index (χ2v) is 7.45. The number of furan rings is 1. The van der Waals surface area contributed by atoms with E-state index in [0.29, 0.717) is 10.9 Å². The third-order valence-corrected chi connectivity index (χ3v) is 5.34. The van der Waals surface area contributed by atoms with Crippen LogP contribution in [0.3, 0.4) is 0 Å². The van der Waals surface area contributed by atoms with Gasteiger partial charge in [0.25, 0.3) is 0 Å². The number of thiazole rings is 1. The van der Waals surface area contributed by atoms with Crippen molar-refractivity contribution in [1.82, 2.24) is 4.98 Å². The number of fused-ring (bicyclic) bond motifs is 2. The van der Waals surface area contributed by atoms with Gasteiger partial charge in [-0.05, 0) is 36.8 Å². The van der Waals surface area contributed by atoms with Crippen LogP contribution in [0.2, 0.25) is 0 Å². The van der Waals surface area contributed by atoms with E-state index in [-0.39, 0.29) is 19.1 Å². The van der Waals surface area contributed by atoms with Crippen LogP contribution in [0.5, 0.6) is 11.5 Å². The highest BCUT2D eigenvalue weighted by Crippen LogP contribution is 2.36. The van der Waals surface area contributed by atoms with E-state index in [4.69, 9.17) is 13.9 Å². The number of aromatic nitrogens is 1. The minimum Gasteiger partial charge on any atom is -0.464 e. The fourth-order valence-corrected chi connectivity index (χ4v) is 3.92. The molecule has 140 valence electrons. The standard InChI is InChI=1S/C21H16N2O4S/c1-12-2-4-15-14(9-25-18(15)6-12)8-20(24)23-21-22-16(10-28-21)13-3-5-17-19(7-13)27-11-26-17/h2-7,9-10H,8,11H2,1H3,(H,22,23,24). The molecular formula is C21H16N2O4S. The lowest BCUT2D eigenvalue weighted by Crippen LogP contribution is -2.13. The van der Waals surface area contributed by atoms with Crippen LogP contribution >= 0.6 is 11.3 Å². The Hall–Kier alpha value is -3.32. The lowest BCUT2D eigenvalue weighted by molar-refractivity contribution is -0.115. The zero-order valence-electron chi connectivity index (χ0n) is 15.0. The molecule has 7 heteroatoms. The Balaban J connectivity index is 1.30. The zero-order chi connectivity index (χ0) is 19.1. The fraction of sp³-hybridized carbons (Fsp3) is 0.143. The molecule has 28 heavy (non-hydrogen) atoms. The molecule has 0 spiro atoms. The molecule has 0 bridgehead atoms. The maximum absolute atomic E-state index is 12.5. The SMILES string of the molecule is Cc1ccc2c(CC(=O)Nc3nc(-c4ccc5c(c4)OCO5)cs3)coc2c1. The Kier molecular flexibility index (Phi) is 4.02. The molecular weight excluding hydrogens is 376 g/mol. The number of rotatable bonds is 4. The van der Waals surface area contributed by atoms with Crippen molar-refractivity contribution in [1.29, 1.82) is 0 Å². The molecule has 1 N–H and O–H groups in total. The molecule has 0 saturated heterocycles. The van der Waals surface area contributed by atoms with Gasteiger partial charge in [-0.15, -0.1) is 11.3 Å². The zero-order valence-corrected chi connectivity index (χ0v) is 15.8. The van der Waals surface area contributed by atoms with Gasteiger partial charge in [0.05, 0.1) is 18.4 Å². The van der Waals surface area contributed by atoms with Crippen LogP contribution in [0.4, 0.5) is 5.13 Å². The molecule has 1 amide bonds. The van der Waals surface area contributed by atoms with E-state index in [9.17, 15) is 4.79 Å². The summed E-state index contributed by atoms with van der Waals surface area (Å²) in [7, 11) is 0. The molecule has 0 aliphatic carbocycles. The number of benzene rings is 2. The lowest BCUT2D eigenvalue weighted by atomic mass is 10.1. The van der Waals surface area contributed by atoms with E-state index in [1.54, 1.807) is 6.26 Å². The van der Waals surface area contributed by atoms with Gasteiger partial charge in [-0.25, -0.2) is 4.98 Å². The Bertz CT molecular complexity index is 1190. The number of nitrogens with zero attached hydrogens (tertiary/aromatic N) is 1. The molecule has 6 nitrogen and oxygen atoms in total. The number of carbonyl (C=O) groups is 1. The van der Waals surface area contributed by atoms with Crippen molar-refractivity contribution in [3.8, 4) is 22.8 Å². The summed E-state index contributed by atoms with van der Waals surface area (Å²) in [6.07, 6.45) is 1.87. The number of hydrogen-bond acceptors (Lipinski definition) is 6. The largest absolute Gasteiger partial charge is 0.464 e. The molecule has 0 unspecified atom stereocenters. The summed E-state index contributed by atoms with van der Waals surface area (Å²) in [6, 6.07) is 11.6. The lowest BCUT2D eigenvalue weighted by Gasteiger charge is -2.01. The Morgan fingerprint density at radius 2 is 2.07 bits per heavy atom. The second-order valence-electron chi connectivity index (χ2n) is 6.59. The topological polar surface area (TPSA) is 73.6 Å². The van der Waals surface area contributed by atoms with Crippen LogP contribution in [-0.4, -0.2) is 17.7 Å². The van der Waals surface area contributed by atoms with Crippen molar-refractivity contribution >= 4 is 33.3 Å². The normalized spacial score (nSPS) is 12.5.